The zero-order valence-corrected chi connectivity index (χ0v) is 22.9. The molecular formula is C23H45FN8O10. The first kappa shape index (κ1) is 34.6. The lowest BCUT2D eigenvalue weighted by Crippen LogP contribution is -2.69. The third-order valence-electron chi connectivity index (χ3n) is 7.67. The number of halogens is 1. The predicted molar refractivity (Wildman–Crippen MR) is 142 cm³/mol. The Hall–Kier alpha value is -1.85. The number of carbonyl (C=O) groups excluding carboxylic acids is 1. The molecule has 1 amide bonds. The van der Waals surface area contributed by atoms with Crippen molar-refractivity contribution in [3.8, 4) is 0 Å². The van der Waals surface area contributed by atoms with Crippen molar-refractivity contribution in [2.45, 2.75) is 111 Å². The Bertz CT molecular complexity index is 900. The van der Waals surface area contributed by atoms with Crippen molar-refractivity contribution < 1.29 is 53.7 Å². The summed E-state index contributed by atoms with van der Waals surface area (Å²) < 4.78 is 39.2. The molecule has 7 unspecified atom stereocenters. The van der Waals surface area contributed by atoms with Crippen LogP contribution in [0.5, 0.6) is 0 Å². The summed E-state index contributed by atoms with van der Waals surface area (Å²) in [7, 11) is 0. The Kier molecular flexibility index (Phi) is 12.6. The van der Waals surface area contributed by atoms with E-state index in [1.165, 1.54) is 0 Å². The Morgan fingerprint density at radius 3 is 2.24 bits per heavy atom. The number of aliphatic hydroxyl groups is 5. The normalized spacial score (nSPS) is 43.4. The molecule has 0 aromatic rings. The molecule has 2 heterocycles. The fourth-order valence-electron chi connectivity index (χ4n) is 5.37. The van der Waals surface area contributed by atoms with E-state index in [2.05, 4.69) is 10.6 Å². The Balaban J connectivity index is 1.87. The quantitative estimate of drug-likeness (QED) is 0.0761. The molecule has 18 nitrogen and oxygen atoms in total. The van der Waals surface area contributed by atoms with E-state index < -0.39 is 110 Å². The maximum Gasteiger partial charge on any atom is 0.249 e. The van der Waals surface area contributed by atoms with Crippen molar-refractivity contribution in [2.75, 3.05) is 19.7 Å². The lowest BCUT2D eigenvalue weighted by molar-refractivity contribution is -0.311. The van der Waals surface area contributed by atoms with Gasteiger partial charge in [-0.3, -0.25) is 10.2 Å². The minimum atomic E-state index is -2.13. The number of hydrogen-bond acceptors (Lipinski definition) is 15. The molecule has 18 N–H and O–H groups in total. The molecule has 1 aliphatic carbocycles. The molecule has 0 spiro atoms. The molecule has 15 atom stereocenters. The van der Waals surface area contributed by atoms with Crippen molar-refractivity contribution in [1.29, 1.82) is 5.41 Å². The first-order valence-corrected chi connectivity index (χ1v) is 13.7. The minimum absolute atomic E-state index is 0.00198. The highest BCUT2D eigenvalue weighted by atomic mass is 19.1. The molecule has 0 radical (unpaired) electrons. The van der Waals surface area contributed by atoms with Crippen LogP contribution in [0.15, 0.2) is 0 Å². The van der Waals surface area contributed by atoms with Gasteiger partial charge in [0.25, 0.3) is 0 Å². The van der Waals surface area contributed by atoms with Crippen molar-refractivity contribution in [2.24, 2.45) is 28.7 Å². The number of guanidine groups is 1. The van der Waals surface area contributed by atoms with Gasteiger partial charge in [0.2, 0.25) is 5.91 Å². The van der Waals surface area contributed by atoms with Gasteiger partial charge in [0.15, 0.2) is 24.7 Å². The number of hydrogen-bond donors (Lipinski definition) is 13. The smallest absolute Gasteiger partial charge is 0.249 e. The third kappa shape index (κ3) is 8.00. The number of carbonyl (C=O) groups is 1. The summed E-state index contributed by atoms with van der Waals surface area (Å²) in [4.78, 5) is 12.6. The fourth-order valence-corrected chi connectivity index (χ4v) is 5.37. The summed E-state index contributed by atoms with van der Waals surface area (Å²) >= 11 is 0. The van der Waals surface area contributed by atoms with E-state index in [1.54, 1.807) is 0 Å². The van der Waals surface area contributed by atoms with Crippen molar-refractivity contribution in [3.05, 3.63) is 0 Å². The van der Waals surface area contributed by atoms with Gasteiger partial charge < -0.3 is 83.8 Å². The average molecular weight is 613 g/mol. The van der Waals surface area contributed by atoms with Crippen LogP contribution in [-0.4, -0.2) is 149 Å². The van der Waals surface area contributed by atoms with E-state index in [0.717, 1.165) is 0 Å². The molecule has 2 aliphatic heterocycles. The zero-order chi connectivity index (χ0) is 31.3. The van der Waals surface area contributed by atoms with Gasteiger partial charge in [0.05, 0.1) is 36.9 Å². The Morgan fingerprint density at radius 2 is 1.64 bits per heavy atom. The molecule has 42 heavy (non-hydrogen) atoms. The van der Waals surface area contributed by atoms with E-state index >= 15 is 4.39 Å². The first-order valence-electron chi connectivity index (χ1n) is 13.7. The molecule has 244 valence electrons. The highest BCUT2D eigenvalue weighted by Crippen LogP contribution is 2.33. The fraction of sp³-hybridized carbons (Fsp3) is 0.913. The molecule has 19 heteroatoms. The SMILES string of the molecule is N=C(N)N[C@@H]1C(O)[C@@H](CO)OC(OC2C(F)[C@H](O[C@H]3OC(CN)[C@@H](O)CC3N)C(N)C[C@H]2NC(=O)[C@@H](O)CCN)[C@@H]1O. The van der Waals surface area contributed by atoms with E-state index in [9.17, 15) is 30.3 Å². The van der Waals surface area contributed by atoms with E-state index in [-0.39, 0.29) is 32.4 Å². The number of nitrogens with two attached hydrogens (primary N) is 5. The highest BCUT2D eigenvalue weighted by Gasteiger charge is 2.52. The Labute approximate surface area is 241 Å². The summed E-state index contributed by atoms with van der Waals surface area (Å²) in [5, 5.41) is 63.7. The Morgan fingerprint density at radius 1 is 1.00 bits per heavy atom. The second kappa shape index (κ2) is 15.2. The van der Waals surface area contributed by atoms with Crippen LogP contribution < -0.4 is 39.3 Å². The largest absolute Gasteiger partial charge is 0.394 e. The third-order valence-corrected chi connectivity index (χ3v) is 7.67. The minimum Gasteiger partial charge on any atom is -0.394 e. The van der Waals surface area contributed by atoms with Gasteiger partial charge in [-0.05, 0) is 25.8 Å². The van der Waals surface area contributed by atoms with Gasteiger partial charge in [-0.1, -0.05) is 0 Å². The summed E-state index contributed by atoms with van der Waals surface area (Å²) in [6.07, 6.45) is -16.2. The van der Waals surface area contributed by atoms with Crippen LogP contribution in [0.25, 0.3) is 0 Å². The van der Waals surface area contributed by atoms with Gasteiger partial charge in [0.1, 0.15) is 36.6 Å². The van der Waals surface area contributed by atoms with Gasteiger partial charge >= 0.3 is 0 Å². The second-order valence-electron chi connectivity index (χ2n) is 10.8. The van der Waals surface area contributed by atoms with Crippen LogP contribution in [0.1, 0.15) is 19.3 Å². The molecule has 0 aromatic heterocycles. The molecular weight excluding hydrogens is 567 g/mol. The van der Waals surface area contributed by atoms with E-state index in [4.69, 9.17) is 53.0 Å². The van der Waals surface area contributed by atoms with Crippen LogP contribution in [0.4, 0.5) is 4.39 Å². The maximum absolute atomic E-state index is 16.4. The van der Waals surface area contributed by atoms with Gasteiger partial charge in [-0.2, -0.15) is 0 Å². The van der Waals surface area contributed by atoms with E-state index in [0.29, 0.717) is 0 Å². The molecule has 0 bridgehead atoms. The predicted octanol–water partition coefficient (Wildman–Crippen LogP) is -6.93. The maximum atomic E-state index is 16.4. The number of alkyl halides is 1. The number of ether oxygens (including phenoxy) is 4. The van der Waals surface area contributed by atoms with Crippen LogP contribution in [0.2, 0.25) is 0 Å². The number of aliphatic hydroxyl groups excluding tert-OH is 5. The lowest BCUT2D eigenvalue weighted by Gasteiger charge is -2.48. The van der Waals surface area contributed by atoms with Crippen molar-refractivity contribution in [1.82, 2.24) is 10.6 Å². The van der Waals surface area contributed by atoms with Crippen LogP contribution in [0, 0.1) is 5.41 Å². The number of rotatable bonds is 11. The molecule has 2 saturated heterocycles. The van der Waals surface area contributed by atoms with E-state index in [1.807, 2.05) is 0 Å². The summed E-state index contributed by atoms with van der Waals surface area (Å²) in [6.45, 7) is -0.794. The molecule has 1 saturated carbocycles. The molecule has 0 aromatic carbocycles. The summed E-state index contributed by atoms with van der Waals surface area (Å²) in [5.41, 5.74) is 28.8. The number of nitrogens with one attached hydrogen (secondary N) is 3. The van der Waals surface area contributed by atoms with Crippen LogP contribution >= 0.6 is 0 Å². The summed E-state index contributed by atoms with van der Waals surface area (Å²) in [5.74, 6) is -1.49. The standard InChI is InChI=1S/C23H45FN8O10/c24-14-18(41-21-8(28)4-11(35)12(5-26)39-21)7(27)3-9(31-20(38)10(34)1-2-25)19(14)42-22-17(37)15(32-23(29)30)16(36)13(6-33)40-22/h7-19,21-22,33-37H,1-6,25-28H2,(H,31,38)(H4,29,30,32)/t7?,8?,9-,10+,11+,12?,13-,14?,15-,16?,17-,18-,19?,21-,22?/m1/s1. The monoisotopic (exact) mass is 612 g/mol. The topological polar surface area (TPSA) is 333 Å². The molecule has 3 rings (SSSR count). The van der Waals surface area contributed by atoms with Crippen LogP contribution in [-0.2, 0) is 23.7 Å². The van der Waals surface area contributed by atoms with Gasteiger partial charge in [-0.25, -0.2) is 4.39 Å². The lowest BCUT2D eigenvalue weighted by atomic mass is 9.84. The highest BCUT2D eigenvalue weighted by molar-refractivity contribution is 5.80. The first-order chi connectivity index (χ1) is 19.8. The van der Waals surface area contributed by atoms with Gasteiger partial charge in [0, 0.05) is 12.6 Å². The van der Waals surface area contributed by atoms with Crippen LogP contribution in [0.3, 0.4) is 0 Å². The average Bonchev–Trinajstić information content (AvgIpc) is 2.93. The molecule has 3 aliphatic rings. The zero-order valence-electron chi connectivity index (χ0n) is 22.9. The second-order valence-corrected chi connectivity index (χ2v) is 10.8. The van der Waals surface area contributed by atoms with Gasteiger partial charge in [-0.15, -0.1) is 0 Å². The van der Waals surface area contributed by atoms with Crippen molar-refractivity contribution >= 4 is 11.9 Å². The number of amides is 1. The van der Waals surface area contributed by atoms with Crippen molar-refractivity contribution in [3.63, 3.8) is 0 Å². The summed E-state index contributed by atoms with van der Waals surface area (Å²) in [6, 6.07) is -4.47. The molecule has 3 fully saturated rings.